The molecule has 3 amide bonds. The highest BCUT2D eigenvalue weighted by molar-refractivity contribution is 5.90. The van der Waals surface area contributed by atoms with Crippen LogP contribution in [0.15, 0.2) is 0 Å². The van der Waals surface area contributed by atoms with Gasteiger partial charge in [-0.25, -0.2) is 0 Å². The van der Waals surface area contributed by atoms with Gasteiger partial charge >= 0.3 is 17.9 Å². The van der Waals surface area contributed by atoms with E-state index in [0.717, 1.165) is 198 Å². The molecule has 0 aromatic rings. The zero-order chi connectivity index (χ0) is 84.7. The standard InChI is InChI=1S/C100H167N3O15/c1-62(23-34-84(107)108)72-28-31-75-71-27-26-65-53-68(37-42-95(65,7)76(71)40-45-98(72,75)10)116-50-20-15-13-17-47-101-89(113)92(4)59-93(5,90(114)102-48-18-14-16-21-51-117-70-39-44-97(9)67(55-70)57-82(105)88-79-33-30-74(64(3)25-36-86(111)112)100(79,12)83(106)58-80(88)97)61-94(6,60-92)91(115)103-49-19-22-52-118-69-38-43-96(8)66(54-69)56-81(104)87-77-32-29-73(63(2)24-35-85(109)110)99(77,11)46-41-78(87)96/h62-83,87-88,104-106H,13-61H2,1-12H3,(H,101,113)(H,102,114)(H,103,115)(H,107,108)(H,109,110)(H,111,112)/t62-,63-,64-,65-,66+,67+,68+,69+,70+,71+,72-,73-,74-,75+,76+,77+,78+,79+,80+,81-,82-,83+,87+,88+,92?,93?,94?,95+,96+,97+,98-,99-,100-/m1/s1. The highest BCUT2D eigenvalue weighted by Crippen LogP contribution is 2.73. The fourth-order valence-electron chi connectivity index (χ4n) is 33.2. The van der Waals surface area contributed by atoms with Crippen molar-refractivity contribution in [3.8, 4) is 0 Å². The molecule has 0 heterocycles. The van der Waals surface area contributed by atoms with Crippen LogP contribution in [0, 0.1) is 155 Å². The van der Waals surface area contributed by atoms with E-state index in [1.807, 2.05) is 20.8 Å². The maximum atomic E-state index is 14.8. The summed E-state index contributed by atoms with van der Waals surface area (Å²) in [4.78, 5) is 79.0. The van der Waals surface area contributed by atoms with Crippen LogP contribution in [0.5, 0.6) is 0 Å². The van der Waals surface area contributed by atoms with Crippen molar-refractivity contribution in [3.63, 3.8) is 0 Å². The van der Waals surface area contributed by atoms with E-state index < -0.39 is 46.4 Å². The molecule has 672 valence electrons. The number of rotatable bonds is 37. The third-order valence-corrected chi connectivity index (χ3v) is 39.3. The summed E-state index contributed by atoms with van der Waals surface area (Å²) in [6, 6.07) is 0. The average Bonchev–Trinajstić information content (AvgIpc) is 1.30. The molecule has 13 aliphatic rings. The highest BCUT2D eigenvalue weighted by atomic mass is 16.5. The summed E-state index contributed by atoms with van der Waals surface area (Å²) >= 11 is 0. The third-order valence-electron chi connectivity index (χ3n) is 39.3. The van der Waals surface area contributed by atoms with Crippen molar-refractivity contribution in [1.82, 2.24) is 16.0 Å². The first-order valence-electron chi connectivity index (χ1n) is 49.3. The van der Waals surface area contributed by atoms with Crippen molar-refractivity contribution in [2.24, 2.45) is 155 Å². The van der Waals surface area contributed by atoms with Crippen molar-refractivity contribution in [1.29, 1.82) is 0 Å². The first kappa shape index (κ1) is 92.3. The second-order valence-corrected chi connectivity index (χ2v) is 46.1. The Morgan fingerprint density at radius 3 is 1.15 bits per heavy atom. The molecule has 0 saturated heterocycles. The van der Waals surface area contributed by atoms with Crippen LogP contribution < -0.4 is 16.0 Å². The number of nitrogens with one attached hydrogen (secondary N) is 3. The van der Waals surface area contributed by atoms with Crippen LogP contribution in [0.4, 0.5) is 0 Å². The van der Waals surface area contributed by atoms with Gasteiger partial charge in [0, 0.05) is 75.0 Å². The zero-order valence-corrected chi connectivity index (χ0v) is 75.9. The van der Waals surface area contributed by atoms with Crippen LogP contribution in [0.25, 0.3) is 0 Å². The van der Waals surface area contributed by atoms with E-state index in [0.29, 0.717) is 141 Å². The normalized spacial score (nSPS) is 44.9. The molecule has 0 aliphatic heterocycles. The van der Waals surface area contributed by atoms with Crippen LogP contribution in [0.1, 0.15) is 359 Å². The Morgan fingerprint density at radius 2 is 0.686 bits per heavy atom. The van der Waals surface area contributed by atoms with Crippen LogP contribution in [0.2, 0.25) is 0 Å². The molecule has 18 heteroatoms. The van der Waals surface area contributed by atoms with Crippen LogP contribution >= 0.6 is 0 Å². The van der Waals surface area contributed by atoms with Gasteiger partial charge in [-0.3, -0.25) is 28.8 Å². The van der Waals surface area contributed by atoms with Gasteiger partial charge in [0.2, 0.25) is 17.7 Å². The topological polar surface area (TPSA) is 288 Å². The number of carbonyl (C=O) groups excluding carboxylic acids is 3. The van der Waals surface area contributed by atoms with Crippen molar-refractivity contribution in [3.05, 3.63) is 0 Å². The Hall–Kier alpha value is -3.42. The van der Waals surface area contributed by atoms with Crippen molar-refractivity contribution >= 4 is 35.6 Å². The predicted molar refractivity (Wildman–Crippen MR) is 461 cm³/mol. The lowest BCUT2D eigenvalue weighted by Crippen LogP contribution is -2.62. The number of amides is 3. The lowest BCUT2D eigenvalue weighted by atomic mass is 9.43. The van der Waals surface area contributed by atoms with E-state index in [4.69, 9.17) is 14.2 Å². The number of hydrogen-bond acceptors (Lipinski definition) is 12. The molecule has 0 aromatic heterocycles. The molecule has 0 radical (unpaired) electrons. The lowest BCUT2D eigenvalue weighted by Gasteiger charge is -2.63. The van der Waals surface area contributed by atoms with Gasteiger partial charge in [-0.05, 0) is 370 Å². The fraction of sp³-hybridized carbons (Fsp3) is 0.940. The fourth-order valence-corrected chi connectivity index (χ4v) is 33.2. The molecule has 13 fully saturated rings. The Balaban J connectivity index is 0.551. The van der Waals surface area contributed by atoms with E-state index in [9.17, 15) is 59.4 Å². The van der Waals surface area contributed by atoms with Gasteiger partial charge in [-0.2, -0.15) is 0 Å². The molecule has 9 N–H and O–H groups in total. The molecule has 13 aliphatic carbocycles. The second kappa shape index (κ2) is 37.6. The minimum absolute atomic E-state index is 0.0277. The van der Waals surface area contributed by atoms with E-state index in [1.165, 1.54) is 51.4 Å². The number of aliphatic carboxylic acids is 3. The number of hydrogen-bond donors (Lipinski definition) is 9. The average molecular weight is 1650 g/mol. The second-order valence-electron chi connectivity index (χ2n) is 46.1. The van der Waals surface area contributed by atoms with Crippen LogP contribution in [-0.2, 0) is 43.0 Å². The largest absolute Gasteiger partial charge is 0.481 e. The third kappa shape index (κ3) is 18.6. The van der Waals surface area contributed by atoms with E-state index in [2.05, 4.69) is 78.3 Å². The number of ether oxygens (including phenoxy) is 3. The maximum absolute atomic E-state index is 14.8. The van der Waals surface area contributed by atoms with Gasteiger partial charge in [0.25, 0.3) is 0 Å². The maximum Gasteiger partial charge on any atom is 0.303 e. The predicted octanol–water partition coefficient (Wildman–Crippen LogP) is 19.0. The van der Waals surface area contributed by atoms with E-state index in [1.54, 1.807) is 0 Å². The molecular weight excluding hydrogens is 1480 g/mol. The van der Waals surface area contributed by atoms with Crippen LogP contribution in [0.3, 0.4) is 0 Å². The Morgan fingerprint density at radius 1 is 0.347 bits per heavy atom. The molecule has 118 heavy (non-hydrogen) atoms. The van der Waals surface area contributed by atoms with Crippen molar-refractivity contribution in [2.45, 2.75) is 396 Å². The minimum Gasteiger partial charge on any atom is -0.481 e. The van der Waals surface area contributed by atoms with Gasteiger partial charge in [0.15, 0.2) is 0 Å². The summed E-state index contributed by atoms with van der Waals surface area (Å²) in [5.74, 6) is 5.71. The van der Waals surface area contributed by atoms with Gasteiger partial charge in [0.1, 0.15) is 0 Å². The van der Waals surface area contributed by atoms with Gasteiger partial charge in [-0.1, -0.05) is 109 Å². The summed E-state index contributed by atoms with van der Waals surface area (Å²) in [5, 5.41) is 74.6. The monoisotopic (exact) mass is 1650 g/mol. The smallest absolute Gasteiger partial charge is 0.303 e. The number of aliphatic hydroxyl groups excluding tert-OH is 3. The van der Waals surface area contributed by atoms with Crippen LogP contribution in [-0.4, -0.2) is 142 Å². The van der Waals surface area contributed by atoms with E-state index >= 15 is 0 Å². The Kier molecular flexibility index (Phi) is 29.4. The SMILES string of the molecule is C[C@H](CCC(=O)O)[C@H]1CC[C@H]2[C@@H]3CC[C@@H]4C[C@@H](OCCCCCCNC(=O)C5(C)CC(C)(C(=O)NCCCCCCO[C@H]6CC[C@@]7(C)[C@@H](C6)C[C@@H](O)[C@@H]6[C@@H]7C[C@H](O)[C@]7(C)[C@@H]([C@H](C)CCC(=O)O)CC[C@@H]67)CC(C)(C(=O)NCCCCO[C@H]6CC[C@@]7(C)[C@@H](C6)C[C@@H](O)[C@@H]6[C@@H]7CC[C@]7(C)[C@@H]([C@H](C)CCC(=O)O)CC[C@@H]67)C5)CC[C@]4(C)[C@H]3CC[C@]12C. The number of carboxylic acids is 3. The number of aliphatic hydroxyl groups is 3. The lowest BCUT2D eigenvalue weighted by molar-refractivity contribution is -0.209. The number of unbranched alkanes of at least 4 members (excludes halogenated alkanes) is 7. The van der Waals surface area contributed by atoms with E-state index in [-0.39, 0.29) is 107 Å². The Bertz CT molecular complexity index is 3430. The van der Waals surface area contributed by atoms with Gasteiger partial charge < -0.3 is 60.8 Å². The minimum atomic E-state index is -0.983. The molecule has 3 unspecified atom stereocenters. The molecule has 33 atom stereocenters. The summed E-state index contributed by atoms with van der Waals surface area (Å²) in [6.45, 7) is 31.1. The number of carbonyl (C=O) groups is 6. The molecule has 0 bridgehead atoms. The number of fused-ring (bicyclic) bond motifs is 15. The summed E-state index contributed by atoms with van der Waals surface area (Å²) in [6.07, 6.45) is 38.5. The van der Waals surface area contributed by atoms with Crippen molar-refractivity contribution < 1.29 is 73.6 Å². The highest BCUT2D eigenvalue weighted by Gasteiger charge is 2.68. The molecule has 13 saturated carbocycles. The first-order chi connectivity index (χ1) is 55.9. The molecular formula is C100H167N3O15. The molecule has 13 rings (SSSR count). The zero-order valence-electron chi connectivity index (χ0n) is 75.9. The van der Waals surface area contributed by atoms with Gasteiger partial charge in [0.05, 0.1) is 36.6 Å². The quantitative estimate of drug-likeness (QED) is 0.0261. The Labute approximate surface area is 712 Å². The molecule has 0 spiro atoms. The number of carboxylic acid groups (broad SMARTS) is 3. The van der Waals surface area contributed by atoms with Gasteiger partial charge in [-0.15, -0.1) is 0 Å². The summed E-state index contributed by atoms with van der Waals surface area (Å²) in [7, 11) is 0. The molecule has 0 aromatic carbocycles. The van der Waals surface area contributed by atoms with Crippen molar-refractivity contribution in [2.75, 3.05) is 39.5 Å². The molecule has 18 nitrogen and oxygen atoms in total. The summed E-state index contributed by atoms with van der Waals surface area (Å²) in [5.41, 5.74) is -2.18. The first-order valence-corrected chi connectivity index (χ1v) is 49.3. The summed E-state index contributed by atoms with van der Waals surface area (Å²) < 4.78 is 20.0.